The minimum atomic E-state index is -1.08. The molecule has 0 unspecified atom stereocenters. The van der Waals surface area contributed by atoms with Gasteiger partial charge in [0.1, 0.15) is 5.75 Å². The second kappa shape index (κ2) is 6.57. The number of benzene rings is 2. The third-order valence-electron chi connectivity index (χ3n) is 4.76. The van der Waals surface area contributed by atoms with Gasteiger partial charge < -0.3 is 14.4 Å². The van der Waals surface area contributed by atoms with Crippen molar-refractivity contribution in [1.29, 1.82) is 0 Å². The lowest BCUT2D eigenvalue weighted by molar-refractivity contribution is 0.210. The molecule has 1 amide bonds. The molecule has 2 aromatic carbocycles. The van der Waals surface area contributed by atoms with E-state index in [2.05, 4.69) is 9.88 Å². The van der Waals surface area contributed by atoms with Crippen LogP contribution >= 0.6 is 11.6 Å². The van der Waals surface area contributed by atoms with Crippen molar-refractivity contribution in [3.8, 4) is 17.0 Å². The third kappa shape index (κ3) is 3.10. The number of nitrogens with one attached hydrogen (secondary N) is 1. The van der Waals surface area contributed by atoms with Gasteiger partial charge in [0.15, 0.2) is 0 Å². The van der Waals surface area contributed by atoms with Crippen LogP contribution in [0, 0.1) is 5.92 Å². The Balaban J connectivity index is 1.84. The highest BCUT2D eigenvalue weighted by atomic mass is 35.5. The van der Waals surface area contributed by atoms with Crippen LogP contribution in [-0.2, 0) is 6.54 Å². The zero-order valence-electron chi connectivity index (χ0n) is 14.3. The molecular weight excluding hydrogens is 352 g/mol. The van der Waals surface area contributed by atoms with Crippen molar-refractivity contribution in [3.05, 3.63) is 47.5 Å². The molecule has 0 bridgehead atoms. The average molecular weight is 371 g/mol. The van der Waals surface area contributed by atoms with E-state index in [4.69, 9.17) is 21.4 Å². The number of carbonyl (C=O) groups is 1. The summed E-state index contributed by atoms with van der Waals surface area (Å²) in [5, 5.41) is 12.9. The SMILES string of the molecule is COc1ccc2c(Cl)c(-c3ccc(NC(=O)O)cc3)n(CC3CC3)c2c1. The summed E-state index contributed by atoms with van der Waals surface area (Å²) in [6.45, 7) is 0.918. The van der Waals surface area contributed by atoms with Gasteiger partial charge in [-0.15, -0.1) is 0 Å². The first-order valence-corrected chi connectivity index (χ1v) is 8.90. The fourth-order valence-electron chi connectivity index (χ4n) is 3.28. The Morgan fingerprint density at radius 3 is 2.62 bits per heavy atom. The number of aromatic nitrogens is 1. The lowest BCUT2D eigenvalue weighted by Crippen LogP contribution is -2.07. The van der Waals surface area contributed by atoms with Crippen LogP contribution in [0.5, 0.6) is 5.75 Å². The quantitative estimate of drug-likeness (QED) is 0.625. The Morgan fingerprint density at radius 1 is 1.27 bits per heavy atom. The summed E-state index contributed by atoms with van der Waals surface area (Å²) in [6, 6.07) is 13.2. The Morgan fingerprint density at radius 2 is 2.00 bits per heavy atom. The van der Waals surface area contributed by atoms with Crippen molar-refractivity contribution >= 4 is 34.3 Å². The molecule has 4 rings (SSSR count). The van der Waals surface area contributed by atoms with Crippen LogP contribution < -0.4 is 10.1 Å². The predicted octanol–water partition coefficient (Wildman–Crippen LogP) is 5.47. The summed E-state index contributed by atoms with van der Waals surface area (Å²) in [4.78, 5) is 10.8. The highest BCUT2D eigenvalue weighted by molar-refractivity contribution is 6.38. The van der Waals surface area contributed by atoms with Crippen molar-refractivity contribution in [2.45, 2.75) is 19.4 Å². The van der Waals surface area contributed by atoms with Crippen molar-refractivity contribution in [3.63, 3.8) is 0 Å². The maximum Gasteiger partial charge on any atom is 0.409 e. The summed E-state index contributed by atoms with van der Waals surface area (Å²) < 4.78 is 7.65. The Labute approximate surface area is 156 Å². The number of carboxylic acid groups (broad SMARTS) is 1. The number of nitrogens with zero attached hydrogens (tertiary/aromatic N) is 1. The van der Waals surface area contributed by atoms with Gasteiger partial charge in [0.2, 0.25) is 0 Å². The van der Waals surface area contributed by atoms with E-state index < -0.39 is 6.09 Å². The maximum absolute atomic E-state index is 10.8. The number of rotatable bonds is 5. The molecule has 1 aliphatic rings. The summed E-state index contributed by atoms with van der Waals surface area (Å²) in [5.74, 6) is 1.48. The molecule has 0 spiro atoms. The van der Waals surface area contributed by atoms with E-state index >= 15 is 0 Å². The van der Waals surface area contributed by atoms with Gasteiger partial charge >= 0.3 is 6.09 Å². The monoisotopic (exact) mass is 370 g/mol. The molecule has 1 fully saturated rings. The second-order valence-electron chi connectivity index (χ2n) is 6.61. The number of ether oxygens (including phenoxy) is 1. The summed E-state index contributed by atoms with van der Waals surface area (Å²) in [6.07, 6.45) is 1.40. The van der Waals surface area contributed by atoms with Gasteiger partial charge in [-0.3, -0.25) is 5.32 Å². The zero-order chi connectivity index (χ0) is 18.3. The van der Waals surface area contributed by atoms with Crippen LogP contribution in [0.1, 0.15) is 12.8 Å². The predicted molar refractivity (Wildman–Crippen MR) is 103 cm³/mol. The maximum atomic E-state index is 10.8. The molecule has 6 heteroatoms. The molecule has 1 heterocycles. The normalized spacial score (nSPS) is 13.8. The first-order valence-electron chi connectivity index (χ1n) is 8.53. The molecular formula is C20H19ClN2O3. The molecule has 0 atom stereocenters. The number of halogens is 1. The highest BCUT2D eigenvalue weighted by Crippen LogP contribution is 2.42. The molecule has 26 heavy (non-hydrogen) atoms. The zero-order valence-corrected chi connectivity index (χ0v) is 15.1. The summed E-state index contributed by atoms with van der Waals surface area (Å²) in [5.41, 5.74) is 3.51. The molecule has 0 saturated heterocycles. The van der Waals surface area contributed by atoms with Crippen LogP contribution in [0.25, 0.3) is 22.2 Å². The molecule has 1 saturated carbocycles. The summed E-state index contributed by atoms with van der Waals surface area (Å²) in [7, 11) is 1.66. The second-order valence-corrected chi connectivity index (χ2v) is 6.99. The molecule has 0 aliphatic heterocycles. The number of anilines is 1. The van der Waals surface area contributed by atoms with Gasteiger partial charge in [0.25, 0.3) is 0 Å². The number of amides is 1. The van der Waals surface area contributed by atoms with E-state index in [0.717, 1.165) is 34.5 Å². The molecule has 134 valence electrons. The van der Waals surface area contributed by atoms with Gasteiger partial charge in [0.05, 0.1) is 23.3 Å². The number of hydrogen-bond acceptors (Lipinski definition) is 2. The lowest BCUT2D eigenvalue weighted by Gasteiger charge is -2.12. The van der Waals surface area contributed by atoms with Crippen LogP contribution in [0.2, 0.25) is 5.02 Å². The third-order valence-corrected chi connectivity index (χ3v) is 5.14. The van der Waals surface area contributed by atoms with E-state index in [-0.39, 0.29) is 0 Å². The Kier molecular flexibility index (Phi) is 4.24. The number of hydrogen-bond donors (Lipinski definition) is 2. The minimum Gasteiger partial charge on any atom is -0.497 e. The van der Waals surface area contributed by atoms with Crippen molar-refractivity contribution < 1.29 is 14.6 Å². The van der Waals surface area contributed by atoms with E-state index in [1.807, 2.05) is 30.3 Å². The van der Waals surface area contributed by atoms with E-state index in [1.165, 1.54) is 12.8 Å². The van der Waals surface area contributed by atoms with Crippen LogP contribution in [0.3, 0.4) is 0 Å². The van der Waals surface area contributed by atoms with Crippen LogP contribution in [0.4, 0.5) is 10.5 Å². The first-order chi connectivity index (χ1) is 12.6. The van der Waals surface area contributed by atoms with Crippen molar-refractivity contribution in [2.75, 3.05) is 12.4 Å². The van der Waals surface area contributed by atoms with Crippen LogP contribution in [-0.4, -0.2) is 22.9 Å². The number of methoxy groups -OCH3 is 1. The number of fused-ring (bicyclic) bond motifs is 1. The largest absolute Gasteiger partial charge is 0.497 e. The Hall–Kier alpha value is -2.66. The fraction of sp³-hybridized carbons (Fsp3) is 0.250. The van der Waals surface area contributed by atoms with Gasteiger partial charge in [-0.1, -0.05) is 23.7 Å². The van der Waals surface area contributed by atoms with E-state index in [9.17, 15) is 4.79 Å². The van der Waals surface area contributed by atoms with Crippen molar-refractivity contribution in [2.24, 2.45) is 5.92 Å². The average Bonchev–Trinajstić information content (AvgIpc) is 3.41. The van der Waals surface area contributed by atoms with E-state index in [0.29, 0.717) is 16.6 Å². The highest BCUT2D eigenvalue weighted by Gasteiger charge is 2.26. The Bertz CT molecular complexity index is 975. The summed E-state index contributed by atoms with van der Waals surface area (Å²) >= 11 is 6.75. The van der Waals surface area contributed by atoms with Gasteiger partial charge in [0, 0.05) is 23.7 Å². The lowest BCUT2D eigenvalue weighted by atomic mass is 10.1. The molecule has 1 aliphatic carbocycles. The molecule has 3 aromatic rings. The standard InChI is InChI=1S/C20H19ClN2O3/c1-26-15-8-9-16-17(10-15)23(11-12-2-3-12)19(18(16)21)13-4-6-14(7-5-13)22-20(24)25/h4-10,12,22H,2-3,11H2,1H3,(H,24,25). The smallest absolute Gasteiger partial charge is 0.409 e. The van der Waals surface area contributed by atoms with Gasteiger partial charge in [-0.2, -0.15) is 0 Å². The topological polar surface area (TPSA) is 63.5 Å². The molecule has 0 radical (unpaired) electrons. The van der Waals surface area contributed by atoms with Crippen molar-refractivity contribution in [1.82, 2.24) is 4.57 Å². The molecule has 2 N–H and O–H groups in total. The molecule has 1 aromatic heterocycles. The first kappa shape index (κ1) is 16.8. The minimum absolute atomic E-state index is 0.531. The van der Waals surface area contributed by atoms with Crippen LogP contribution in [0.15, 0.2) is 42.5 Å². The van der Waals surface area contributed by atoms with E-state index in [1.54, 1.807) is 19.2 Å². The van der Waals surface area contributed by atoms with Gasteiger partial charge in [-0.25, -0.2) is 4.79 Å². The van der Waals surface area contributed by atoms with Gasteiger partial charge in [-0.05, 0) is 48.6 Å². The fourth-order valence-corrected chi connectivity index (χ4v) is 3.65. The molecule has 5 nitrogen and oxygen atoms in total.